The Bertz CT molecular complexity index is 1270. The number of carbonyl (C=O) groups excluding carboxylic acids is 2. The summed E-state index contributed by atoms with van der Waals surface area (Å²) in [6.45, 7) is 7.95. The van der Waals surface area contributed by atoms with Gasteiger partial charge in [0.15, 0.2) is 11.6 Å². The van der Waals surface area contributed by atoms with Crippen LogP contribution in [0.2, 0.25) is 0 Å². The minimum absolute atomic E-state index is 0.0843. The molecule has 0 fully saturated rings. The van der Waals surface area contributed by atoms with E-state index in [9.17, 15) is 13.8 Å². The highest BCUT2D eigenvalue weighted by atomic mass is 32.2. The average molecular weight is 501 g/mol. The van der Waals surface area contributed by atoms with Gasteiger partial charge in [0.1, 0.15) is 12.4 Å². The Morgan fingerprint density at radius 2 is 1.77 bits per heavy atom. The van der Waals surface area contributed by atoms with Gasteiger partial charge in [-0.05, 0) is 68.7 Å². The van der Waals surface area contributed by atoms with E-state index in [1.54, 1.807) is 46.1 Å². The third-order valence-electron chi connectivity index (χ3n) is 5.53. The van der Waals surface area contributed by atoms with Crippen molar-refractivity contribution in [1.82, 2.24) is 0 Å². The van der Waals surface area contributed by atoms with E-state index in [1.807, 2.05) is 18.2 Å². The molecular formula is C27H29FO6S. The van der Waals surface area contributed by atoms with Crippen molar-refractivity contribution in [3.63, 3.8) is 0 Å². The zero-order valence-corrected chi connectivity index (χ0v) is 21.7. The maximum atomic E-state index is 15.2. The van der Waals surface area contributed by atoms with Gasteiger partial charge in [0.05, 0.1) is 12.5 Å². The number of carbonyl (C=O) groups is 2. The first-order chi connectivity index (χ1) is 16.3. The van der Waals surface area contributed by atoms with Gasteiger partial charge in [-0.25, -0.2) is 4.39 Å². The molecule has 6 nitrogen and oxygen atoms in total. The Morgan fingerprint density at radius 1 is 1.14 bits per heavy atom. The summed E-state index contributed by atoms with van der Waals surface area (Å²) in [6.07, 6.45) is 3.44. The number of benzene rings is 2. The molecule has 8 heteroatoms. The maximum Gasteiger partial charge on any atom is 0.311 e. The predicted molar refractivity (Wildman–Crippen MR) is 133 cm³/mol. The molecule has 0 aromatic heterocycles. The van der Waals surface area contributed by atoms with E-state index in [1.165, 1.54) is 20.1 Å². The predicted octanol–water partition coefficient (Wildman–Crippen LogP) is 5.51. The lowest BCUT2D eigenvalue weighted by atomic mass is 9.96. The molecule has 186 valence electrons. The minimum Gasteiger partial charge on any atom is -0.493 e. The van der Waals surface area contributed by atoms with E-state index in [0.29, 0.717) is 27.2 Å². The summed E-state index contributed by atoms with van der Waals surface area (Å²) in [7, 11) is 0.214. The highest BCUT2D eigenvalue weighted by molar-refractivity contribution is 7.84. The quantitative estimate of drug-likeness (QED) is 0.487. The minimum atomic E-state index is -1.11. The fourth-order valence-electron chi connectivity index (χ4n) is 3.76. The molecule has 35 heavy (non-hydrogen) atoms. The van der Waals surface area contributed by atoms with Crippen molar-refractivity contribution in [2.45, 2.75) is 46.1 Å². The maximum absolute atomic E-state index is 15.2. The van der Waals surface area contributed by atoms with Gasteiger partial charge in [-0.2, -0.15) is 0 Å². The number of esters is 2. The fraction of sp³-hybridized carbons (Fsp3) is 0.333. The summed E-state index contributed by atoms with van der Waals surface area (Å²) in [5.74, 6) is -1.46. The van der Waals surface area contributed by atoms with Crippen molar-refractivity contribution in [2.24, 2.45) is 5.41 Å². The number of fused-ring (bicyclic) bond motifs is 1. The van der Waals surface area contributed by atoms with Gasteiger partial charge in [0, 0.05) is 45.6 Å². The Hall–Kier alpha value is -3.26. The molecule has 1 aliphatic carbocycles. The Labute approximate surface area is 207 Å². The lowest BCUT2D eigenvalue weighted by Crippen LogP contribution is -2.23. The van der Waals surface area contributed by atoms with Crippen molar-refractivity contribution in [1.29, 1.82) is 0 Å². The van der Waals surface area contributed by atoms with Crippen molar-refractivity contribution in [3.05, 3.63) is 64.0 Å². The molecule has 0 heterocycles. The third kappa shape index (κ3) is 5.53. The van der Waals surface area contributed by atoms with Crippen LogP contribution in [-0.2, 0) is 36.5 Å². The SMILES string of the molecule is COc1c(F)cc2c(c1COC(=O)C(C)(C)C)C(OC(C)=O)=C(C)C2=Cc1ccc(S(C)=O)cc1. The summed E-state index contributed by atoms with van der Waals surface area (Å²) in [6, 6.07) is 8.47. The molecule has 3 rings (SSSR count). The van der Waals surface area contributed by atoms with Crippen LogP contribution in [0, 0.1) is 11.2 Å². The second-order valence-corrected chi connectivity index (χ2v) is 10.6. The Morgan fingerprint density at radius 3 is 2.29 bits per heavy atom. The molecule has 1 atom stereocenters. The number of halogens is 1. The van der Waals surface area contributed by atoms with Crippen molar-refractivity contribution in [3.8, 4) is 5.75 Å². The van der Waals surface area contributed by atoms with E-state index in [-0.39, 0.29) is 23.7 Å². The van der Waals surface area contributed by atoms with Crippen LogP contribution >= 0.6 is 0 Å². The van der Waals surface area contributed by atoms with Crippen LogP contribution in [0.1, 0.15) is 56.9 Å². The van der Waals surface area contributed by atoms with Crippen molar-refractivity contribution in [2.75, 3.05) is 13.4 Å². The molecule has 1 unspecified atom stereocenters. The molecule has 0 bridgehead atoms. The van der Waals surface area contributed by atoms with Crippen molar-refractivity contribution >= 4 is 40.1 Å². The summed E-state index contributed by atoms with van der Waals surface area (Å²) < 4.78 is 43.3. The molecule has 0 saturated heterocycles. The summed E-state index contributed by atoms with van der Waals surface area (Å²) >= 11 is 0. The molecule has 0 spiro atoms. The van der Waals surface area contributed by atoms with E-state index in [4.69, 9.17) is 14.2 Å². The normalized spacial score (nSPS) is 15.1. The van der Waals surface area contributed by atoms with E-state index in [2.05, 4.69) is 0 Å². The van der Waals surface area contributed by atoms with Crippen LogP contribution in [0.5, 0.6) is 5.75 Å². The molecule has 0 radical (unpaired) electrons. The summed E-state index contributed by atoms with van der Waals surface area (Å²) in [5, 5.41) is 0. The number of allylic oxidation sites excluding steroid dienone is 2. The number of ether oxygens (including phenoxy) is 3. The van der Waals surface area contributed by atoms with E-state index < -0.39 is 34.0 Å². The van der Waals surface area contributed by atoms with Gasteiger partial charge < -0.3 is 14.2 Å². The average Bonchev–Trinajstić information content (AvgIpc) is 3.01. The van der Waals surface area contributed by atoms with Crippen LogP contribution in [0.25, 0.3) is 17.4 Å². The van der Waals surface area contributed by atoms with Crippen LogP contribution in [0.3, 0.4) is 0 Å². The first-order valence-electron chi connectivity index (χ1n) is 11.0. The van der Waals surface area contributed by atoms with Gasteiger partial charge in [0.2, 0.25) is 0 Å². The second-order valence-electron chi connectivity index (χ2n) is 9.25. The van der Waals surface area contributed by atoms with Gasteiger partial charge in [-0.1, -0.05) is 12.1 Å². The van der Waals surface area contributed by atoms with Crippen LogP contribution < -0.4 is 4.74 Å². The highest BCUT2D eigenvalue weighted by Crippen LogP contribution is 2.47. The molecule has 0 N–H and O–H groups in total. The van der Waals surface area contributed by atoms with E-state index >= 15 is 4.39 Å². The zero-order valence-electron chi connectivity index (χ0n) is 20.9. The molecule has 2 aromatic carbocycles. The number of hydrogen-bond donors (Lipinski definition) is 0. The standard InChI is InChI=1S/C27H29FO6S/c1-15-19(12-17-8-10-18(11-9-17)35(7)31)20-13-22(28)25(32-6)21(14-33-26(30)27(3,4)5)23(20)24(15)34-16(2)29/h8-13H,14H2,1-7H3. The first kappa shape index (κ1) is 26.3. The monoisotopic (exact) mass is 500 g/mol. The third-order valence-corrected chi connectivity index (χ3v) is 6.46. The van der Waals surface area contributed by atoms with Crippen LogP contribution in [0.4, 0.5) is 4.39 Å². The Balaban J connectivity index is 2.21. The number of hydrogen-bond acceptors (Lipinski definition) is 6. The van der Waals surface area contributed by atoms with Gasteiger partial charge >= 0.3 is 11.9 Å². The summed E-state index contributed by atoms with van der Waals surface area (Å²) in [5.41, 5.74) is 2.50. The second kappa shape index (κ2) is 10.2. The van der Waals surface area contributed by atoms with Crippen LogP contribution in [0.15, 0.2) is 40.8 Å². The lowest BCUT2D eigenvalue weighted by molar-refractivity contribution is -0.154. The topological polar surface area (TPSA) is 78.9 Å². The smallest absolute Gasteiger partial charge is 0.311 e. The van der Waals surface area contributed by atoms with Crippen molar-refractivity contribution < 1.29 is 32.4 Å². The molecule has 0 amide bonds. The molecule has 0 aliphatic heterocycles. The zero-order chi connectivity index (χ0) is 26.1. The number of rotatable bonds is 6. The number of methoxy groups -OCH3 is 1. The van der Waals surface area contributed by atoms with Gasteiger partial charge in [0.25, 0.3) is 0 Å². The highest BCUT2D eigenvalue weighted by Gasteiger charge is 2.34. The van der Waals surface area contributed by atoms with Gasteiger partial charge in [-0.3, -0.25) is 13.8 Å². The van der Waals surface area contributed by atoms with Crippen LogP contribution in [-0.4, -0.2) is 29.5 Å². The Kier molecular flexibility index (Phi) is 7.65. The fourth-order valence-corrected chi connectivity index (χ4v) is 4.28. The van der Waals surface area contributed by atoms with E-state index in [0.717, 1.165) is 5.56 Å². The summed E-state index contributed by atoms with van der Waals surface area (Å²) in [4.78, 5) is 25.1. The molecular weight excluding hydrogens is 471 g/mol. The first-order valence-corrected chi connectivity index (χ1v) is 12.5. The molecule has 2 aromatic rings. The molecule has 0 saturated carbocycles. The lowest BCUT2D eigenvalue weighted by Gasteiger charge is -2.20. The largest absolute Gasteiger partial charge is 0.493 e. The molecule has 1 aliphatic rings. The van der Waals surface area contributed by atoms with Gasteiger partial charge in [-0.15, -0.1) is 0 Å².